The summed E-state index contributed by atoms with van der Waals surface area (Å²) in [5, 5.41) is 11.7. The van der Waals surface area contributed by atoms with Gasteiger partial charge in [0.2, 0.25) is 5.95 Å². The lowest BCUT2D eigenvalue weighted by molar-refractivity contribution is 0.102. The molecule has 1 atom stereocenters. The van der Waals surface area contributed by atoms with Gasteiger partial charge in [0.25, 0.3) is 5.91 Å². The highest BCUT2D eigenvalue weighted by molar-refractivity contribution is 7.92. The molecule has 4 N–H and O–H groups in total. The topological polar surface area (TPSA) is 140 Å². The summed E-state index contributed by atoms with van der Waals surface area (Å²) in [6.07, 6.45) is 2.82. The predicted molar refractivity (Wildman–Crippen MR) is 107 cm³/mol. The number of hydrogen-bond donors (Lipinski definition) is 3. The van der Waals surface area contributed by atoms with Crippen LogP contribution in [0.2, 0.25) is 0 Å². The minimum absolute atomic E-state index is 0.114. The number of amides is 1. The van der Waals surface area contributed by atoms with E-state index in [1.54, 1.807) is 49.4 Å². The SMILES string of the molecule is Cc1ccc(N[S+]([O-])c2cccc(C#N)c2)cc1C(=O)Nc1cnc(N)nc1. The third-order valence-electron chi connectivity index (χ3n) is 3.80. The maximum atomic E-state index is 12.6. The Morgan fingerprint density at radius 3 is 2.64 bits per heavy atom. The Hall–Kier alpha value is -3.61. The van der Waals surface area contributed by atoms with Crippen molar-refractivity contribution in [3.05, 3.63) is 71.5 Å². The molecule has 0 aliphatic carbocycles. The number of rotatable bonds is 5. The van der Waals surface area contributed by atoms with E-state index in [-0.39, 0.29) is 11.9 Å². The Labute approximate surface area is 164 Å². The van der Waals surface area contributed by atoms with E-state index in [1.165, 1.54) is 12.4 Å². The molecule has 0 saturated heterocycles. The van der Waals surface area contributed by atoms with Crippen molar-refractivity contribution in [2.45, 2.75) is 11.8 Å². The van der Waals surface area contributed by atoms with Crippen LogP contribution in [-0.2, 0) is 11.4 Å². The third kappa shape index (κ3) is 4.56. The maximum absolute atomic E-state index is 12.6. The van der Waals surface area contributed by atoms with Gasteiger partial charge in [-0.3, -0.25) is 4.79 Å². The Balaban J connectivity index is 1.77. The first-order valence-corrected chi connectivity index (χ1v) is 9.29. The number of carbonyl (C=O) groups is 1. The summed E-state index contributed by atoms with van der Waals surface area (Å²) < 4.78 is 15.4. The molecule has 2 aromatic carbocycles. The summed E-state index contributed by atoms with van der Waals surface area (Å²) >= 11 is -1.58. The van der Waals surface area contributed by atoms with Crippen LogP contribution in [0.4, 0.5) is 17.3 Å². The molecule has 1 amide bonds. The van der Waals surface area contributed by atoms with Crippen LogP contribution in [0.25, 0.3) is 0 Å². The van der Waals surface area contributed by atoms with E-state index in [2.05, 4.69) is 20.0 Å². The van der Waals surface area contributed by atoms with E-state index in [0.717, 1.165) is 5.56 Å². The third-order valence-corrected chi connectivity index (χ3v) is 4.90. The molecule has 3 aromatic rings. The molecule has 0 spiro atoms. The summed E-state index contributed by atoms with van der Waals surface area (Å²) in [7, 11) is 0. The van der Waals surface area contributed by atoms with Crippen molar-refractivity contribution in [1.29, 1.82) is 5.26 Å². The fraction of sp³-hybridized carbons (Fsp3) is 0.0526. The van der Waals surface area contributed by atoms with Gasteiger partial charge in [0.05, 0.1) is 35.4 Å². The summed E-state index contributed by atoms with van der Waals surface area (Å²) in [6.45, 7) is 1.80. The van der Waals surface area contributed by atoms with E-state index in [4.69, 9.17) is 11.0 Å². The number of nitrogens with zero attached hydrogens (tertiary/aromatic N) is 3. The number of carbonyl (C=O) groups excluding carboxylic acids is 1. The second-order valence-electron chi connectivity index (χ2n) is 5.82. The number of benzene rings is 2. The van der Waals surface area contributed by atoms with Gasteiger partial charge < -0.3 is 15.6 Å². The van der Waals surface area contributed by atoms with Crippen LogP contribution in [0.1, 0.15) is 21.5 Å². The van der Waals surface area contributed by atoms with E-state index in [0.29, 0.717) is 27.4 Å². The molecule has 0 radical (unpaired) electrons. The molecule has 0 bridgehead atoms. The van der Waals surface area contributed by atoms with Gasteiger partial charge in [-0.15, -0.1) is 0 Å². The van der Waals surface area contributed by atoms with Crippen molar-refractivity contribution < 1.29 is 9.35 Å². The zero-order chi connectivity index (χ0) is 20.1. The smallest absolute Gasteiger partial charge is 0.256 e. The number of nitrogens with two attached hydrogens (primary N) is 1. The van der Waals surface area contributed by atoms with Crippen molar-refractivity contribution in [2.75, 3.05) is 15.8 Å². The largest absolute Gasteiger partial charge is 0.588 e. The lowest BCUT2D eigenvalue weighted by atomic mass is 10.1. The molecular weight excluding hydrogens is 376 g/mol. The minimum atomic E-state index is -1.58. The number of anilines is 3. The van der Waals surface area contributed by atoms with Crippen LogP contribution in [0.15, 0.2) is 59.8 Å². The monoisotopic (exact) mass is 392 g/mol. The molecule has 28 heavy (non-hydrogen) atoms. The van der Waals surface area contributed by atoms with E-state index >= 15 is 0 Å². The number of nitrogen functional groups attached to an aromatic ring is 1. The molecule has 1 unspecified atom stereocenters. The number of nitrogens with one attached hydrogen (secondary N) is 2. The lowest BCUT2D eigenvalue weighted by Gasteiger charge is -2.14. The Morgan fingerprint density at radius 1 is 1.18 bits per heavy atom. The Bertz CT molecular complexity index is 1050. The molecule has 0 aliphatic rings. The van der Waals surface area contributed by atoms with E-state index in [9.17, 15) is 9.35 Å². The van der Waals surface area contributed by atoms with Crippen molar-refractivity contribution in [3.63, 3.8) is 0 Å². The van der Waals surface area contributed by atoms with E-state index < -0.39 is 11.4 Å². The Morgan fingerprint density at radius 2 is 1.93 bits per heavy atom. The van der Waals surface area contributed by atoms with Gasteiger partial charge in [-0.1, -0.05) is 12.1 Å². The zero-order valence-electron chi connectivity index (χ0n) is 14.8. The number of nitriles is 1. The molecule has 0 saturated carbocycles. The van der Waals surface area contributed by atoms with Crippen LogP contribution in [-0.4, -0.2) is 20.4 Å². The fourth-order valence-electron chi connectivity index (χ4n) is 2.38. The minimum Gasteiger partial charge on any atom is -0.588 e. The number of aryl methyl sites for hydroxylation is 1. The zero-order valence-corrected chi connectivity index (χ0v) is 15.7. The lowest BCUT2D eigenvalue weighted by Crippen LogP contribution is -2.16. The normalized spacial score (nSPS) is 11.3. The van der Waals surface area contributed by atoms with Crippen LogP contribution >= 0.6 is 0 Å². The maximum Gasteiger partial charge on any atom is 0.256 e. The average Bonchev–Trinajstić information content (AvgIpc) is 2.71. The molecule has 0 aliphatic heterocycles. The molecule has 1 heterocycles. The highest BCUT2D eigenvalue weighted by atomic mass is 32.2. The fourth-order valence-corrected chi connectivity index (χ4v) is 3.27. The predicted octanol–water partition coefficient (Wildman–Crippen LogP) is 2.63. The van der Waals surface area contributed by atoms with Gasteiger partial charge in [-0.25, -0.2) is 14.7 Å². The summed E-state index contributed by atoms with van der Waals surface area (Å²) in [5.41, 5.74) is 7.92. The average molecular weight is 392 g/mol. The highest BCUT2D eigenvalue weighted by Crippen LogP contribution is 2.21. The van der Waals surface area contributed by atoms with Gasteiger partial charge in [0.1, 0.15) is 11.4 Å². The van der Waals surface area contributed by atoms with Crippen LogP contribution in [0, 0.1) is 18.3 Å². The van der Waals surface area contributed by atoms with Gasteiger partial charge in [0.15, 0.2) is 4.90 Å². The first-order valence-electron chi connectivity index (χ1n) is 8.14. The molecule has 0 fully saturated rings. The van der Waals surface area contributed by atoms with Crippen LogP contribution < -0.4 is 15.8 Å². The van der Waals surface area contributed by atoms with Gasteiger partial charge in [0, 0.05) is 11.6 Å². The second-order valence-corrected chi connectivity index (χ2v) is 7.04. The second kappa shape index (κ2) is 8.39. The quantitative estimate of drug-likeness (QED) is 0.567. The molecule has 1 aromatic heterocycles. The molecule has 3 rings (SSSR count). The summed E-state index contributed by atoms with van der Waals surface area (Å²) in [6, 6.07) is 13.6. The van der Waals surface area contributed by atoms with Crippen molar-refractivity contribution in [3.8, 4) is 6.07 Å². The molecule has 9 heteroatoms. The summed E-state index contributed by atoms with van der Waals surface area (Å²) in [4.78, 5) is 20.7. The molecule has 140 valence electrons. The summed E-state index contributed by atoms with van der Waals surface area (Å²) in [5.74, 6) is -0.241. The first-order chi connectivity index (χ1) is 13.5. The van der Waals surface area contributed by atoms with Crippen LogP contribution in [0.3, 0.4) is 0 Å². The van der Waals surface area contributed by atoms with Crippen molar-refractivity contribution >= 4 is 34.6 Å². The number of hydrogen-bond acceptors (Lipinski definition) is 7. The van der Waals surface area contributed by atoms with Crippen molar-refractivity contribution in [2.24, 2.45) is 0 Å². The van der Waals surface area contributed by atoms with Crippen LogP contribution in [0.5, 0.6) is 0 Å². The highest BCUT2D eigenvalue weighted by Gasteiger charge is 2.16. The number of aromatic nitrogens is 2. The Kier molecular flexibility index (Phi) is 5.74. The molecular formula is C19H16N6O2S. The first kappa shape index (κ1) is 19.2. The van der Waals surface area contributed by atoms with Gasteiger partial charge >= 0.3 is 0 Å². The standard InChI is InChI=1S/C19H16N6O2S/c1-12-5-6-14(25-28(27)16-4-2-3-13(7-16)9-20)8-17(12)18(26)24-15-10-22-19(21)23-11-15/h2-8,10-11,25H,1H3,(H,24,26)(H2,21,22,23). The van der Waals surface area contributed by atoms with Crippen molar-refractivity contribution in [1.82, 2.24) is 9.97 Å². The van der Waals surface area contributed by atoms with Gasteiger partial charge in [-0.2, -0.15) is 5.26 Å². The van der Waals surface area contributed by atoms with E-state index in [1.807, 2.05) is 6.07 Å². The molecule has 8 nitrogen and oxygen atoms in total. The van der Waals surface area contributed by atoms with Gasteiger partial charge in [-0.05, 0) is 36.8 Å².